The zero-order valence-electron chi connectivity index (χ0n) is 13.0. The van der Waals surface area contributed by atoms with E-state index in [0.29, 0.717) is 0 Å². The number of carbonyl (C=O) groups is 1. The van der Waals surface area contributed by atoms with Crippen LogP contribution >= 0.6 is 0 Å². The second-order valence-electron chi connectivity index (χ2n) is 6.05. The summed E-state index contributed by atoms with van der Waals surface area (Å²) in [5, 5.41) is 67.0. The molecule has 12 heteroatoms. The van der Waals surface area contributed by atoms with Crippen molar-refractivity contribution in [3.05, 3.63) is 0 Å². The summed E-state index contributed by atoms with van der Waals surface area (Å²) in [4.78, 5) is 11.0. The summed E-state index contributed by atoms with van der Waals surface area (Å²) in [7, 11) is 0. The molecule has 2 fully saturated rings. The number of aliphatic hydroxyl groups is 6. The van der Waals surface area contributed by atoms with Gasteiger partial charge in [0.1, 0.15) is 24.4 Å². The minimum atomic E-state index is -1.86. The Kier molecular flexibility index (Phi) is 6.67. The number of carboxylic acid groups (broad SMARTS) is 1. The highest BCUT2D eigenvalue weighted by molar-refractivity contribution is 5.73. The van der Waals surface area contributed by atoms with Crippen molar-refractivity contribution >= 4 is 5.97 Å². The van der Waals surface area contributed by atoms with E-state index in [-0.39, 0.29) is 0 Å². The van der Waals surface area contributed by atoms with Gasteiger partial charge in [0, 0.05) is 5.92 Å². The highest BCUT2D eigenvalue weighted by atomic mass is 16.7. The van der Waals surface area contributed by atoms with Gasteiger partial charge in [-0.1, -0.05) is 0 Å². The first kappa shape index (κ1) is 20.4. The molecule has 10 unspecified atom stereocenters. The van der Waals surface area contributed by atoms with E-state index in [1.807, 2.05) is 0 Å². The second kappa shape index (κ2) is 8.18. The quantitative estimate of drug-likeness (QED) is 0.229. The van der Waals surface area contributed by atoms with E-state index in [9.17, 15) is 30.3 Å². The van der Waals surface area contributed by atoms with Crippen molar-refractivity contribution in [3.8, 4) is 0 Å². The Hall–Kier alpha value is -0.930. The molecule has 10 atom stereocenters. The number of hydrogen-bond acceptors (Lipinski definition) is 11. The first-order valence-corrected chi connectivity index (χ1v) is 7.61. The molecule has 2 saturated heterocycles. The fourth-order valence-electron chi connectivity index (χ4n) is 2.82. The van der Waals surface area contributed by atoms with Gasteiger partial charge in [0.2, 0.25) is 0 Å². The van der Waals surface area contributed by atoms with E-state index in [1.165, 1.54) is 0 Å². The van der Waals surface area contributed by atoms with E-state index in [2.05, 4.69) is 0 Å². The molecule has 0 bridgehead atoms. The van der Waals surface area contributed by atoms with Crippen molar-refractivity contribution in [2.45, 2.75) is 55.2 Å². The zero-order valence-corrected chi connectivity index (χ0v) is 13.0. The Morgan fingerprint density at radius 3 is 2.20 bits per heavy atom. The molecule has 0 aliphatic carbocycles. The Bertz CT molecular complexity index is 465. The molecule has 0 amide bonds. The largest absolute Gasteiger partial charge is 0.479 e. The molecule has 9 N–H and O–H groups in total. The molecule has 2 aliphatic rings. The molecule has 2 heterocycles. The molecule has 0 saturated carbocycles. The van der Waals surface area contributed by atoms with Gasteiger partial charge in [-0.15, -0.1) is 0 Å². The maximum absolute atomic E-state index is 11.0. The first-order valence-electron chi connectivity index (χ1n) is 7.61. The van der Waals surface area contributed by atoms with Gasteiger partial charge in [0.05, 0.1) is 25.4 Å². The summed E-state index contributed by atoms with van der Waals surface area (Å²) < 4.78 is 15.1. The Balaban J connectivity index is 2.04. The number of carboxylic acids is 1. The molecule has 2 rings (SSSR count). The van der Waals surface area contributed by atoms with Crippen LogP contribution in [0.3, 0.4) is 0 Å². The molecule has 0 radical (unpaired) electrons. The number of aliphatic carboxylic acids is 1. The Morgan fingerprint density at radius 2 is 1.64 bits per heavy atom. The van der Waals surface area contributed by atoms with Gasteiger partial charge in [0.25, 0.3) is 0 Å². The van der Waals surface area contributed by atoms with Crippen LogP contribution < -0.4 is 5.73 Å². The average molecular weight is 369 g/mol. The highest BCUT2D eigenvalue weighted by Gasteiger charge is 2.49. The fourth-order valence-corrected chi connectivity index (χ4v) is 2.82. The van der Waals surface area contributed by atoms with Crippen LogP contribution in [0.1, 0.15) is 0 Å². The smallest absolute Gasteiger partial charge is 0.335 e. The molecular formula is C13H23NO11. The van der Waals surface area contributed by atoms with Gasteiger partial charge in [-0.05, 0) is 0 Å². The number of nitrogens with two attached hydrogens (primary N) is 1. The van der Waals surface area contributed by atoms with Crippen LogP contribution in [0.5, 0.6) is 0 Å². The van der Waals surface area contributed by atoms with E-state index >= 15 is 0 Å². The van der Waals surface area contributed by atoms with Gasteiger partial charge in [-0.25, -0.2) is 4.79 Å². The van der Waals surface area contributed by atoms with Crippen LogP contribution in [0.15, 0.2) is 0 Å². The maximum Gasteiger partial charge on any atom is 0.335 e. The molecule has 25 heavy (non-hydrogen) atoms. The summed E-state index contributed by atoms with van der Waals surface area (Å²) >= 11 is 0. The molecule has 0 spiro atoms. The van der Waals surface area contributed by atoms with Crippen LogP contribution in [0.4, 0.5) is 0 Å². The monoisotopic (exact) mass is 369 g/mol. The predicted molar refractivity (Wildman–Crippen MR) is 75.7 cm³/mol. The Labute approximate surface area is 142 Å². The van der Waals surface area contributed by atoms with Gasteiger partial charge in [0.15, 0.2) is 18.7 Å². The second-order valence-corrected chi connectivity index (χ2v) is 6.05. The molecular weight excluding hydrogens is 346 g/mol. The first-order chi connectivity index (χ1) is 11.7. The lowest BCUT2D eigenvalue weighted by atomic mass is 9.88. The molecule has 2 aliphatic heterocycles. The lowest BCUT2D eigenvalue weighted by molar-refractivity contribution is -0.304. The minimum Gasteiger partial charge on any atom is -0.479 e. The van der Waals surface area contributed by atoms with Crippen molar-refractivity contribution in [1.82, 2.24) is 0 Å². The van der Waals surface area contributed by atoms with Gasteiger partial charge in [-0.3, -0.25) is 0 Å². The summed E-state index contributed by atoms with van der Waals surface area (Å²) in [6, 6.07) is -1.09. The SMILES string of the molecule is NC1C(O)OC(CO)C(O)C1COC1OC(C(=O)O)C(O)C(O)C1O. The predicted octanol–water partition coefficient (Wildman–Crippen LogP) is -5.09. The normalized spacial score (nSPS) is 48.3. The van der Waals surface area contributed by atoms with Crippen LogP contribution in [0.2, 0.25) is 0 Å². The molecule has 0 aromatic carbocycles. The topological polar surface area (TPSA) is 212 Å². The van der Waals surface area contributed by atoms with Gasteiger partial charge >= 0.3 is 5.97 Å². The fraction of sp³-hybridized carbons (Fsp3) is 0.923. The number of hydrogen-bond donors (Lipinski definition) is 8. The van der Waals surface area contributed by atoms with Crippen LogP contribution in [0.25, 0.3) is 0 Å². The summed E-state index contributed by atoms with van der Waals surface area (Å²) in [6.45, 7) is -0.994. The van der Waals surface area contributed by atoms with Gasteiger partial charge < -0.3 is 55.7 Å². The molecule has 0 aromatic heterocycles. The number of aliphatic hydroxyl groups excluding tert-OH is 6. The van der Waals surface area contributed by atoms with E-state index in [0.717, 1.165) is 0 Å². The molecule has 146 valence electrons. The molecule has 12 nitrogen and oxygen atoms in total. The average Bonchev–Trinajstić information content (AvgIpc) is 2.57. The maximum atomic E-state index is 11.0. The Morgan fingerprint density at radius 1 is 1.00 bits per heavy atom. The van der Waals surface area contributed by atoms with Crippen molar-refractivity contribution < 1.29 is 54.8 Å². The van der Waals surface area contributed by atoms with Crippen LogP contribution in [0, 0.1) is 5.92 Å². The van der Waals surface area contributed by atoms with E-state index in [1.54, 1.807) is 0 Å². The number of ether oxygens (including phenoxy) is 3. The summed E-state index contributed by atoms with van der Waals surface area (Å²) in [5.74, 6) is -2.51. The van der Waals surface area contributed by atoms with E-state index in [4.69, 9.17) is 30.2 Å². The minimum absolute atomic E-state index is 0.407. The summed E-state index contributed by atoms with van der Waals surface area (Å²) in [6.07, 6.45) is -12.8. The standard InChI is InChI=1S/C13H23NO11/c14-5-3(6(16)4(1-15)24-12(5)22)2-23-13-9(19)7(17)8(18)10(25-13)11(20)21/h3-10,12-13,15-19,22H,1-2,14H2,(H,20,21). The third kappa shape index (κ3) is 4.09. The van der Waals surface area contributed by atoms with E-state index < -0.39 is 80.3 Å². The lowest BCUT2D eigenvalue weighted by Crippen LogP contribution is -2.62. The molecule has 0 aromatic rings. The van der Waals surface area contributed by atoms with Crippen molar-refractivity contribution in [2.24, 2.45) is 11.7 Å². The van der Waals surface area contributed by atoms with Crippen LogP contribution in [-0.2, 0) is 19.0 Å². The van der Waals surface area contributed by atoms with Crippen LogP contribution in [-0.4, -0.2) is 110 Å². The zero-order chi connectivity index (χ0) is 18.9. The third-order valence-corrected chi connectivity index (χ3v) is 4.40. The summed E-state index contributed by atoms with van der Waals surface area (Å²) in [5.41, 5.74) is 5.72. The lowest BCUT2D eigenvalue weighted by Gasteiger charge is -2.43. The highest BCUT2D eigenvalue weighted by Crippen LogP contribution is 2.27. The van der Waals surface area contributed by atoms with Crippen molar-refractivity contribution in [1.29, 1.82) is 0 Å². The van der Waals surface area contributed by atoms with Crippen molar-refractivity contribution in [2.75, 3.05) is 13.2 Å². The van der Waals surface area contributed by atoms with Crippen molar-refractivity contribution in [3.63, 3.8) is 0 Å². The van der Waals surface area contributed by atoms with Gasteiger partial charge in [-0.2, -0.15) is 0 Å². The number of rotatable bonds is 5. The third-order valence-electron chi connectivity index (χ3n) is 4.40.